The molecule has 0 aliphatic heterocycles. The smallest absolute Gasteiger partial charge is 0.135 e. The Balaban J connectivity index is 0.983. The van der Waals surface area contributed by atoms with E-state index < -0.39 is 0 Å². The number of para-hydroxylation sites is 1. The molecule has 1 aliphatic rings. The van der Waals surface area contributed by atoms with E-state index in [2.05, 4.69) is 196 Å². The van der Waals surface area contributed by atoms with E-state index in [-0.39, 0.29) is 5.41 Å². The molecule has 0 fully saturated rings. The van der Waals surface area contributed by atoms with Gasteiger partial charge >= 0.3 is 0 Å². The summed E-state index contributed by atoms with van der Waals surface area (Å²) in [7, 11) is 0. The van der Waals surface area contributed by atoms with Gasteiger partial charge in [0.2, 0.25) is 0 Å². The second-order valence-corrected chi connectivity index (χ2v) is 16.4. The molecule has 1 aliphatic carbocycles. The number of hydrogen-bond acceptors (Lipinski definition) is 1. The highest BCUT2D eigenvalue weighted by atomic mass is 16.3. The SMILES string of the molecule is CC1(C)c2cc3ccccc3cc2-c2cccc(-c3ccc(-c4c5ccccc5c(-c5cccc(-c6ccc7oc8ccccc8c7c6)c5)c5ccccc45)cc3)c21. The van der Waals surface area contributed by atoms with Gasteiger partial charge in [0.25, 0.3) is 0 Å². The molecule has 0 saturated heterocycles. The van der Waals surface area contributed by atoms with Crippen molar-refractivity contribution in [2.24, 2.45) is 0 Å². The summed E-state index contributed by atoms with van der Waals surface area (Å²) >= 11 is 0. The minimum atomic E-state index is -0.121. The molecule has 272 valence electrons. The maximum Gasteiger partial charge on any atom is 0.135 e. The van der Waals surface area contributed by atoms with Crippen LogP contribution in [0.1, 0.15) is 25.0 Å². The van der Waals surface area contributed by atoms with Gasteiger partial charge in [-0.05, 0) is 135 Å². The number of furan rings is 1. The summed E-state index contributed by atoms with van der Waals surface area (Å²) < 4.78 is 6.16. The molecule has 0 N–H and O–H groups in total. The zero-order valence-electron chi connectivity index (χ0n) is 32.4. The average molecular weight is 739 g/mol. The Morgan fingerprint density at radius 3 is 1.57 bits per heavy atom. The van der Waals surface area contributed by atoms with Crippen molar-refractivity contribution in [1.82, 2.24) is 0 Å². The van der Waals surface area contributed by atoms with E-state index in [1.54, 1.807) is 0 Å². The van der Waals surface area contributed by atoms with Crippen molar-refractivity contribution in [3.8, 4) is 55.6 Å². The third kappa shape index (κ3) is 4.83. The molecule has 1 aromatic heterocycles. The lowest BCUT2D eigenvalue weighted by Gasteiger charge is -2.25. The Labute approximate surface area is 337 Å². The van der Waals surface area contributed by atoms with Gasteiger partial charge in [-0.3, -0.25) is 0 Å². The van der Waals surface area contributed by atoms with Crippen LogP contribution in [0.25, 0.3) is 110 Å². The van der Waals surface area contributed by atoms with Gasteiger partial charge in [-0.25, -0.2) is 0 Å². The third-order valence-electron chi connectivity index (χ3n) is 12.8. The normalized spacial score (nSPS) is 13.1. The van der Waals surface area contributed by atoms with E-state index in [9.17, 15) is 0 Å². The van der Waals surface area contributed by atoms with Gasteiger partial charge in [0.1, 0.15) is 11.2 Å². The minimum absolute atomic E-state index is 0.121. The lowest BCUT2D eigenvalue weighted by atomic mass is 9.78. The van der Waals surface area contributed by atoms with E-state index >= 15 is 0 Å². The highest BCUT2D eigenvalue weighted by molar-refractivity contribution is 6.21. The van der Waals surface area contributed by atoms with Crippen molar-refractivity contribution in [3.05, 3.63) is 205 Å². The molecular formula is C57H38O. The molecule has 0 bridgehead atoms. The highest BCUT2D eigenvalue weighted by Crippen LogP contribution is 2.53. The molecule has 0 spiro atoms. The zero-order valence-corrected chi connectivity index (χ0v) is 32.4. The van der Waals surface area contributed by atoms with Crippen molar-refractivity contribution in [2.45, 2.75) is 19.3 Å². The van der Waals surface area contributed by atoms with Gasteiger partial charge in [-0.2, -0.15) is 0 Å². The first kappa shape index (κ1) is 33.0. The second-order valence-electron chi connectivity index (χ2n) is 16.4. The van der Waals surface area contributed by atoms with Crippen LogP contribution in [0.15, 0.2) is 199 Å². The van der Waals surface area contributed by atoms with Crippen LogP contribution in [0, 0.1) is 0 Å². The molecule has 0 unspecified atom stereocenters. The second kappa shape index (κ2) is 12.4. The highest BCUT2D eigenvalue weighted by Gasteiger charge is 2.37. The summed E-state index contributed by atoms with van der Waals surface area (Å²) in [5.41, 5.74) is 17.1. The molecule has 1 nitrogen and oxygen atoms in total. The van der Waals surface area contributed by atoms with E-state index in [0.29, 0.717) is 0 Å². The fourth-order valence-corrected chi connectivity index (χ4v) is 10.1. The number of hydrogen-bond donors (Lipinski definition) is 0. The van der Waals surface area contributed by atoms with Gasteiger partial charge in [0.05, 0.1) is 0 Å². The summed E-state index contributed by atoms with van der Waals surface area (Å²) in [5.74, 6) is 0. The predicted molar refractivity (Wildman–Crippen MR) is 246 cm³/mol. The minimum Gasteiger partial charge on any atom is -0.456 e. The lowest BCUT2D eigenvalue weighted by Crippen LogP contribution is -2.16. The molecule has 0 atom stereocenters. The van der Waals surface area contributed by atoms with Gasteiger partial charge in [0.15, 0.2) is 0 Å². The Hall–Kier alpha value is -7.22. The van der Waals surface area contributed by atoms with Crippen molar-refractivity contribution < 1.29 is 4.42 Å². The van der Waals surface area contributed by atoms with Crippen LogP contribution in [-0.4, -0.2) is 0 Å². The molecular weight excluding hydrogens is 701 g/mol. The summed E-state index contributed by atoms with van der Waals surface area (Å²) in [4.78, 5) is 0. The molecule has 1 heterocycles. The maximum absolute atomic E-state index is 6.16. The molecule has 1 heteroatoms. The molecule has 11 aromatic rings. The average Bonchev–Trinajstić information content (AvgIpc) is 3.76. The topological polar surface area (TPSA) is 13.1 Å². The molecule has 0 amide bonds. The van der Waals surface area contributed by atoms with Crippen LogP contribution >= 0.6 is 0 Å². The summed E-state index contributed by atoms with van der Waals surface area (Å²) in [5, 5.41) is 9.89. The Morgan fingerprint density at radius 2 is 0.845 bits per heavy atom. The Morgan fingerprint density at radius 1 is 0.328 bits per heavy atom. The lowest BCUT2D eigenvalue weighted by molar-refractivity contribution is 0.663. The zero-order chi connectivity index (χ0) is 38.5. The van der Waals surface area contributed by atoms with E-state index in [1.807, 2.05) is 12.1 Å². The fraction of sp³-hybridized carbons (Fsp3) is 0.0526. The van der Waals surface area contributed by atoms with Crippen LogP contribution in [0.2, 0.25) is 0 Å². The van der Waals surface area contributed by atoms with Gasteiger partial charge < -0.3 is 4.42 Å². The van der Waals surface area contributed by atoms with E-state index in [1.165, 1.54) is 99.1 Å². The van der Waals surface area contributed by atoms with E-state index in [0.717, 1.165) is 21.9 Å². The number of benzene rings is 10. The largest absolute Gasteiger partial charge is 0.456 e. The summed E-state index contributed by atoms with van der Waals surface area (Å²) in [6, 6.07) is 71.5. The van der Waals surface area contributed by atoms with Crippen LogP contribution in [0.4, 0.5) is 0 Å². The Kier molecular flexibility index (Phi) is 7.04. The Bertz CT molecular complexity index is 3410. The fourth-order valence-electron chi connectivity index (χ4n) is 10.1. The van der Waals surface area contributed by atoms with Crippen LogP contribution in [0.3, 0.4) is 0 Å². The third-order valence-corrected chi connectivity index (χ3v) is 12.8. The van der Waals surface area contributed by atoms with Crippen molar-refractivity contribution >= 4 is 54.3 Å². The summed E-state index contributed by atoms with van der Waals surface area (Å²) in [6.45, 7) is 4.78. The molecule has 0 saturated carbocycles. The monoisotopic (exact) mass is 738 g/mol. The van der Waals surface area contributed by atoms with Gasteiger partial charge in [-0.1, -0.05) is 172 Å². The number of fused-ring (bicyclic) bond motifs is 9. The predicted octanol–water partition coefficient (Wildman–Crippen LogP) is 16.0. The van der Waals surface area contributed by atoms with Crippen molar-refractivity contribution in [1.29, 1.82) is 0 Å². The van der Waals surface area contributed by atoms with Crippen LogP contribution in [-0.2, 0) is 5.41 Å². The first-order valence-electron chi connectivity index (χ1n) is 20.2. The number of rotatable bonds is 4. The summed E-state index contributed by atoms with van der Waals surface area (Å²) in [6.07, 6.45) is 0. The standard InChI is InChI=1S/C57H38O/c1-57(2)51-34-39-14-4-3-13-38(39)32-49(51)48-23-12-22-42(56(48)57)35-25-27-36(28-26-35)54-44-18-5-7-20-46(44)55(47-21-8-6-19-45(47)54)41-16-11-15-37(31-41)40-29-30-53-50(33-40)43-17-9-10-24-52(43)58-53/h3-34H,1-2H3. The maximum atomic E-state index is 6.16. The molecule has 12 rings (SSSR count). The van der Waals surface area contributed by atoms with Gasteiger partial charge in [-0.15, -0.1) is 0 Å². The van der Waals surface area contributed by atoms with Crippen molar-refractivity contribution in [3.63, 3.8) is 0 Å². The van der Waals surface area contributed by atoms with Gasteiger partial charge in [0, 0.05) is 16.2 Å². The van der Waals surface area contributed by atoms with Crippen LogP contribution < -0.4 is 0 Å². The first-order valence-corrected chi connectivity index (χ1v) is 20.2. The molecule has 58 heavy (non-hydrogen) atoms. The quantitative estimate of drug-likeness (QED) is 0.164. The molecule has 0 radical (unpaired) electrons. The molecule has 10 aromatic carbocycles. The van der Waals surface area contributed by atoms with Crippen molar-refractivity contribution in [2.75, 3.05) is 0 Å². The first-order chi connectivity index (χ1) is 28.5. The van der Waals surface area contributed by atoms with E-state index in [4.69, 9.17) is 4.42 Å². The van der Waals surface area contributed by atoms with Crippen LogP contribution in [0.5, 0.6) is 0 Å².